The summed E-state index contributed by atoms with van der Waals surface area (Å²) in [6.07, 6.45) is 0.989. The summed E-state index contributed by atoms with van der Waals surface area (Å²) in [5, 5.41) is 14.1. The molecule has 7 nitrogen and oxygen atoms in total. The standard InChI is InChI=1S/C12H19N3O4S2/c1-4-13-11-9(15(16)17)5-10(20-11)21(18,19)14-7-8-6-12(8,2)3/h5,8,13-14H,4,6-7H2,1-3H3. The predicted molar refractivity (Wildman–Crippen MR) is 82.2 cm³/mol. The molecule has 1 heterocycles. The van der Waals surface area contributed by atoms with Crippen LogP contribution in [0.1, 0.15) is 27.2 Å². The van der Waals surface area contributed by atoms with Crippen molar-refractivity contribution in [1.29, 1.82) is 0 Å². The average molecular weight is 333 g/mol. The van der Waals surface area contributed by atoms with Gasteiger partial charge in [-0.2, -0.15) is 0 Å². The van der Waals surface area contributed by atoms with Crippen molar-refractivity contribution < 1.29 is 13.3 Å². The fraction of sp³-hybridized carbons (Fsp3) is 0.667. The molecule has 0 aliphatic heterocycles. The number of nitrogens with zero attached hydrogens (tertiary/aromatic N) is 1. The van der Waals surface area contributed by atoms with Gasteiger partial charge in [-0.15, -0.1) is 0 Å². The van der Waals surface area contributed by atoms with Crippen LogP contribution < -0.4 is 10.0 Å². The molecule has 21 heavy (non-hydrogen) atoms. The van der Waals surface area contributed by atoms with E-state index >= 15 is 0 Å². The van der Waals surface area contributed by atoms with Gasteiger partial charge in [0, 0.05) is 19.2 Å². The van der Waals surface area contributed by atoms with Crippen LogP contribution in [-0.2, 0) is 10.0 Å². The number of nitrogens with one attached hydrogen (secondary N) is 2. The van der Waals surface area contributed by atoms with Gasteiger partial charge in [0.15, 0.2) is 5.00 Å². The molecule has 1 aliphatic carbocycles. The zero-order chi connectivity index (χ0) is 15.8. The maximum absolute atomic E-state index is 12.2. The first kappa shape index (κ1) is 16.2. The fourth-order valence-corrected chi connectivity index (χ4v) is 4.64. The van der Waals surface area contributed by atoms with Crippen LogP contribution >= 0.6 is 11.3 Å². The average Bonchev–Trinajstić information content (AvgIpc) is 2.80. The molecule has 0 radical (unpaired) electrons. The van der Waals surface area contributed by atoms with Gasteiger partial charge in [0.25, 0.3) is 0 Å². The van der Waals surface area contributed by atoms with Gasteiger partial charge in [0.1, 0.15) is 4.21 Å². The molecule has 2 N–H and O–H groups in total. The first-order chi connectivity index (χ1) is 9.67. The van der Waals surface area contributed by atoms with Crippen LogP contribution in [0.3, 0.4) is 0 Å². The first-order valence-corrected chi connectivity index (χ1v) is 8.99. The van der Waals surface area contributed by atoms with Gasteiger partial charge in [0.05, 0.1) is 4.92 Å². The molecular formula is C12H19N3O4S2. The minimum Gasteiger partial charge on any atom is -0.372 e. The molecule has 2 rings (SSSR count). The third kappa shape index (κ3) is 3.53. The number of nitro groups is 1. The van der Waals surface area contributed by atoms with Crippen molar-refractivity contribution in [2.24, 2.45) is 11.3 Å². The van der Waals surface area contributed by atoms with Gasteiger partial charge in [-0.3, -0.25) is 10.1 Å². The molecule has 1 atom stereocenters. The Morgan fingerprint density at radius 1 is 1.52 bits per heavy atom. The van der Waals surface area contributed by atoms with E-state index in [0.717, 1.165) is 23.8 Å². The van der Waals surface area contributed by atoms with E-state index in [4.69, 9.17) is 0 Å². The van der Waals surface area contributed by atoms with Crippen molar-refractivity contribution in [1.82, 2.24) is 4.72 Å². The Balaban J connectivity index is 2.16. The lowest BCUT2D eigenvalue weighted by molar-refractivity contribution is -0.383. The highest BCUT2D eigenvalue weighted by atomic mass is 32.2. The van der Waals surface area contributed by atoms with E-state index in [9.17, 15) is 18.5 Å². The van der Waals surface area contributed by atoms with Crippen LogP contribution in [0.15, 0.2) is 10.3 Å². The molecule has 0 spiro atoms. The van der Waals surface area contributed by atoms with Crippen LogP contribution in [0.5, 0.6) is 0 Å². The Morgan fingerprint density at radius 2 is 2.14 bits per heavy atom. The second-order valence-corrected chi connectivity index (χ2v) is 8.85. The van der Waals surface area contributed by atoms with Crippen LogP contribution in [0.2, 0.25) is 0 Å². The molecule has 0 bridgehead atoms. The van der Waals surface area contributed by atoms with Gasteiger partial charge < -0.3 is 5.32 Å². The number of anilines is 1. The van der Waals surface area contributed by atoms with Gasteiger partial charge >= 0.3 is 5.69 Å². The van der Waals surface area contributed by atoms with E-state index in [1.165, 1.54) is 0 Å². The van der Waals surface area contributed by atoms with Gasteiger partial charge in [-0.1, -0.05) is 25.2 Å². The minimum atomic E-state index is -3.69. The van der Waals surface area contributed by atoms with Crippen LogP contribution in [-0.4, -0.2) is 26.4 Å². The molecule has 9 heteroatoms. The van der Waals surface area contributed by atoms with Crippen molar-refractivity contribution in [3.05, 3.63) is 16.2 Å². The molecular weight excluding hydrogens is 314 g/mol. The van der Waals surface area contributed by atoms with Crippen LogP contribution in [0.25, 0.3) is 0 Å². The second kappa shape index (κ2) is 5.54. The molecule has 1 unspecified atom stereocenters. The summed E-state index contributed by atoms with van der Waals surface area (Å²) in [4.78, 5) is 10.4. The Kier molecular flexibility index (Phi) is 4.27. The Bertz CT molecular complexity index is 651. The normalized spacial score (nSPS) is 20.2. The number of hydrogen-bond acceptors (Lipinski definition) is 6. The molecule has 0 saturated heterocycles. The van der Waals surface area contributed by atoms with Crippen molar-refractivity contribution in [3.8, 4) is 0 Å². The molecule has 1 aliphatic rings. The van der Waals surface area contributed by atoms with Crippen molar-refractivity contribution in [2.75, 3.05) is 18.4 Å². The summed E-state index contributed by atoms with van der Waals surface area (Å²) < 4.78 is 27.0. The van der Waals surface area contributed by atoms with E-state index in [0.29, 0.717) is 19.0 Å². The van der Waals surface area contributed by atoms with E-state index in [1.807, 2.05) is 0 Å². The summed E-state index contributed by atoms with van der Waals surface area (Å²) in [5.74, 6) is 0.329. The highest BCUT2D eigenvalue weighted by molar-refractivity contribution is 7.91. The quantitative estimate of drug-likeness (QED) is 0.589. The fourth-order valence-electron chi connectivity index (χ4n) is 2.12. The van der Waals surface area contributed by atoms with Gasteiger partial charge in [-0.05, 0) is 24.7 Å². The van der Waals surface area contributed by atoms with E-state index in [2.05, 4.69) is 23.9 Å². The zero-order valence-corrected chi connectivity index (χ0v) is 13.8. The van der Waals surface area contributed by atoms with E-state index in [-0.39, 0.29) is 20.3 Å². The highest BCUT2D eigenvalue weighted by Gasteiger charge is 2.45. The molecule has 0 amide bonds. The molecule has 1 aromatic rings. The van der Waals surface area contributed by atoms with E-state index < -0.39 is 14.9 Å². The van der Waals surface area contributed by atoms with Crippen LogP contribution in [0.4, 0.5) is 10.7 Å². The van der Waals surface area contributed by atoms with E-state index in [1.54, 1.807) is 6.92 Å². The monoisotopic (exact) mass is 333 g/mol. The van der Waals surface area contributed by atoms with Crippen molar-refractivity contribution in [3.63, 3.8) is 0 Å². The molecule has 0 aromatic carbocycles. The first-order valence-electron chi connectivity index (χ1n) is 6.69. The zero-order valence-electron chi connectivity index (χ0n) is 12.2. The summed E-state index contributed by atoms with van der Waals surface area (Å²) in [6, 6.07) is 1.11. The largest absolute Gasteiger partial charge is 0.372 e. The molecule has 118 valence electrons. The highest BCUT2D eigenvalue weighted by Crippen LogP contribution is 2.51. The third-order valence-electron chi connectivity index (χ3n) is 3.73. The maximum Gasteiger partial charge on any atom is 0.304 e. The number of rotatable bonds is 7. The SMILES string of the molecule is CCNc1sc(S(=O)(=O)NCC2CC2(C)C)cc1[N+](=O)[O-]. The molecule has 1 fully saturated rings. The summed E-state index contributed by atoms with van der Waals surface area (Å²) >= 11 is 0.888. The number of hydrogen-bond donors (Lipinski definition) is 2. The third-order valence-corrected chi connectivity index (χ3v) is 6.71. The maximum atomic E-state index is 12.2. The predicted octanol–water partition coefficient (Wildman–Crippen LogP) is 2.41. The Hall–Kier alpha value is -1.19. The summed E-state index contributed by atoms with van der Waals surface area (Å²) in [6.45, 7) is 6.84. The Morgan fingerprint density at radius 3 is 2.62 bits per heavy atom. The van der Waals surface area contributed by atoms with Crippen LogP contribution in [0, 0.1) is 21.4 Å². The second-order valence-electron chi connectivity index (χ2n) is 5.81. The molecule has 1 saturated carbocycles. The topological polar surface area (TPSA) is 101 Å². The molecule has 1 aromatic heterocycles. The van der Waals surface area contributed by atoms with Gasteiger partial charge in [-0.25, -0.2) is 13.1 Å². The minimum absolute atomic E-state index is 0.0244. The Labute approximate surface area is 127 Å². The van der Waals surface area contributed by atoms with Gasteiger partial charge in [0.2, 0.25) is 10.0 Å². The summed E-state index contributed by atoms with van der Waals surface area (Å²) in [7, 11) is -3.69. The smallest absolute Gasteiger partial charge is 0.304 e. The van der Waals surface area contributed by atoms with Crippen molar-refractivity contribution >= 4 is 32.0 Å². The summed E-state index contributed by atoms with van der Waals surface area (Å²) in [5.41, 5.74) is -0.0206. The lowest BCUT2D eigenvalue weighted by Crippen LogP contribution is -2.26. The lowest BCUT2D eigenvalue weighted by atomic mass is 10.1. The number of sulfonamides is 1. The number of thiophene rings is 1. The lowest BCUT2D eigenvalue weighted by Gasteiger charge is -2.05. The van der Waals surface area contributed by atoms with Crippen molar-refractivity contribution in [2.45, 2.75) is 31.4 Å².